The lowest BCUT2D eigenvalue weighted by Gasteiger charge is -2.34. The van der Waals surface area contributed by atoms with E-state index in [2.05, 4.69) is 24.9 Å². The Balaban J connectivity index is 1.37. The highest BCUT2D eigenvalue weighted by Crippen LogP contribution is 2.17. The topological polar surface area (TPSA) is 59.3 Å². The minimum atomic E-state index is -0.637. The molecule has 1 aliphatic rings. The normalized spacial score (nSPS) is 15.0. The van der Waals surface area contributed by atoms with E-state index in [0.29, 0.717) is 18.4 Å². The number of halogens is 2. The summed E-state index contributed by atoms with van der Waals surface area (Å²) in [7, 11) is 1.58. The Morgan fingerprint density at radius 2 is 1.89 bits per heavy atom. The fraction of sp³-hybridized carbons (Fsp3) is 0.316. The lowest BCUT2D eigenvalue weighted by atomic mass is 10.3. The molecule has 0 aliphatic carbocycles. The van der Waals surface area contributed by atoms with Crippen LogP contribution in [0, 0.1) is 11.6 Å². The van der Waals surface area contributed by atoms with E-state index in [-0.39, 0.29) is 5.69 Å². The van der Waals surface area contributed by atoms with Crippen LogP contribution < -0.4 is 9.64 Å². The Hall–Kier alpha value is -3.07. The molecule has 0 radical (unpaired) electrons. The van der Waals surface area contributed by atoms with Crippen LogP contribution >= 0.6 is 0 Å². The van der Waals surface area contributed by atoms with E-state index in [1.807, 2.05) is 6.07 Å². The molecule has 146 valence electrons. The second-order valence-corrected chi connectivity index (χ2v) is 6.51. The summed E-state index contributed by atoms with van der Waals surface area (Å²) in [5.74, 6) is -0.0332. The first-order valence-corrected chi connectivity index (χ1v) is 8.97. The monoisotopic (exact) mass is 386 g/mol. The number of anilines is 1. The van der Waals surface area contributed by atoms with E-state index < -0.39 is 11.6 Å². The Morgan fingerprint density at radius 3 is 2.64 bits per heavy atom. The molecule has 28 heavy (non-hydrogen) atoms. The number of aromatic nitrogens is 4. The Labute approximate surface area is 161 Å². The van der Waals surface area contributed by atoms with E-state index in [0.717, 1.165) is 37.9 Å². The number of piperazine rings is 1. The highest BCUT2D eigenvalue weighted by Gasteiger charge is 2.20. The summed E-state index contributed by atoms with van der Waals surface area (Å²) in [4.78, 5) is 13.1. The zero-order valence-electron chi connectivity index (χ0n) is 15.4. The van der Waals surface area contributed by atoms with Crippen molar-refractivity contribution in [2.45, 2.75) is 6.54 Å². The first-order chi connectivity index (χ1) is 13.6. The molecule has 2 aromatic heterocycles. The van der Waals surface area contributed by atoms with Gasteiger partial charge in [-0.3, -0.25) is 4.90 Å². The molecule has 0 amide bonds. The third kappa shape index (κ3) is 3.94. The van der Waals surface area contributed by atoms with Crippen LogP contribution in [-0.2, 0) is 6.54 Å². The van der Waals surface area contributed by atoms with Crippen LogP contribution in [0.3, 0.4) is 0 Å². The van der Waals surface area contributed by atoms with Crippen LogP contribution in [0.4, 0.5) is 14.7 Å². The Morgan fingerprint density at radius 1 is 1.07 bits per heavy atom. The van der Waals surface area contributed by atoms with Gasteiger partial charge in [0.05, 0.1) is 12.8 Å². The second-order valence-electron chi connectivity index (χ2n) is 6.51. The van der Waals surface area contributed by atoms with Gasteiger partial charge in [-0.05, 0) is 18.2 Å². The maximum atomic E-state index is 13.9. The molecule has 9 heteroatoms. The van der Waals surface area contributed by atoms with Crippen molar-refractivity contribution in [1.29, 1.82) is 0 Å². The van der Waals surface area contributed by atoms with Crippen LogP contribution in [0.25, 0.3) is 5.69 Å². The van der Waals surface area contributed by atoms with Gasteiger partial charge in [0.2, 0.25) is 11.8 Å². The fourth-order valence-corrected chi connectivity index (χ4v) is 3.18. The first-order valence-electron chi connectivity index (χ1n) is 8.97. The summed E-state index contributed by atoms with van der Waals surface area (Å²) in [5.41, 5.74) is 1.06. The van der Waals surface area contributed by atoms with Gasteiger partial charge in [0.15, 0.2) is 5.82 Å². The number of ether oxygens (including phenoxy) is 1. The van der Waals surface area contributed by atoms with Crippen molar-refractivity contribution in [2.75, 3.05) is 38.2 Å². The van der Waals surface area contributed by atoms with Crippen molar-refractivity contribution in [3.8, 4) is 11.6 Å². The quantitative estimate of drug-likeness (QED) is 0.671. The maximum absolute atomic E-state index is 13.9. The molecule has 0 saturated carbocycles. The summed E-state index contributed by atoms with van der Waals surface area (Å²) >= 11 is 0. The minimum Gasteiger partial charge on any atom is -0.481 e. The van der Waals surface area contributed by atoms with Gasteiger partial charge in [0, 0.05) is 57.3 Å². The molecular formula is C19H20F2N6O. The van der Waals surface area contributed by atoms with Crippen LogP contribution in [-0.4, -0.2) is 57.9 Å². The van der Waals surface area contributed by atoms with Gasteiger partial charge >= 0.3 is 0 Å². The predicted octanol–water partition coefficient (Wildman–Crippen LogP) is 2.27. The number of hydrogen-bond acceptors (Lipinski definition) is 6. The van der Waals surface area contributed by atoms with Crippen molar-refractivity contribution in [1.82, 2.24) is 24.6 Å². The summed E-state index contributed by atoms with van der Waals surface area (Å²) in [6.07, 6.45) is 3.38. The van der Waals surface area contributed by atoms with E-state index in [4.69, 9.17) is 4.74 Å². The van der Waals surface area contributed by atoms with Gasteiger partial charge in [0.25, 0.3) is 0 Å². The van der Waals surface area contributed by atoms with E-state index in [1.54, 1.807) is 25.6 Å². The molecule has 1 aromatic carbocycles. The zero-order chi connectivity index (χ0) is 19.5. The molecule has 0 unspecified atom stereocenters. The SMILES string of the molecule is COc1ccnc(N2CCN(Cc3ccn(-c4ccc(F)cc4F)n3)CC2)n1. The largest absolute Gasteiger partial charge is 0.481 e. The summed E-state index contributed by atoms with van der Waals surface area (Å²) in [6.45, 7) is 3.90. The van der Waals surface area contributed by atoms with E-state index >= 15 is 0 Å². The number of nitrogens with zero attached hydrogens (tertiary/aromatic N) is 6. The average molecular weight is 386 g/mol. The second kappa shape index (κ2) is 7.89. The predicted molar refractivity (Wildman–Crippen MR) is 99.6 cm³/mol. The number of methoxy groups -OCH3 is 1. The average Bonchev–Trinajstić information content (AvgIpc) is 3.16. The van der Waals surface area contributed by atoms with Crippen LogP contribution in [0.2, 0.25) is 0 Å². The lowest BCUT2D eigenvalue weighted by molar-refractivity contribution is 0.245. The smallest absolute Gasteiger partial charge is 0.228 e. The number of benzene rings is 1. The van der Waals surface area contributed by atoms with Gasteiger partial charge in [-0.25, -0.2) is 18.4 Å². The summed E-state index contributed by atoms with van der Waals surface area (Å²) in [5, 5.41) is 4.42. The van der Waals surface area contributed by atoms with E-state index in [1.165, 1.54) is 16.8 Å². The molecule has 1 fully saturated rings. The molecule has 4 rings (SSSR count). The van der Waals surface area contributed by atoms with Crippen LogP contribution in [0.15, 0.2) is 42.7 Å². The van der Waals surface area contributed by atoms with Crippen molar-refractivity contribution in [3.63, 3.8) is 0 Å². The molecule has 0 atom stereocenters. The Bertz CT molecular complexity index is 955. The number of hydrogen-bond donors (Lipinski definition) is 0. The highest BCUT2D eigenvalue weighted by atomic mass is 19.1. The van der Waals surface area contributed by atoms with Crippen molar-refractivity contribution < 1.29 is 13.5 Å². The molecule has 1 saturated heterocycles. The number of rotatable bonds is 5. The molecular weight excluding hydrogens is 366 g/mol. The minimum absolute atomic E-state index is 0.229. The molecule has 3 aromatic rings. The van der Waals surface area contributed by atoms with Gasteiger partial charge in [-0.1, -0.05) is 0 Å². The van der Waals surface area contributed by atoms with Crippen molar-refractivity contribution >= 4 is 5.95 Å². The van der Waals surface area contributed by atoms with Crippen molar-refractivity contribution in [3.05, 3.63) is 60.1 Å². The molecule has 7 nitrogen and oxygen atoms in total. The van der Waals surface area contributed by atoms with Gasteiger partial charge < -0.3 is 9.64 Å². The van der Waals surface area contributed by atoms with Crippen molar-refractivity contribution in [2.24, 2.45) is 0 Å². The third-order valence-corrected chi connectivity index (χ3v) is 4.67. The molecule has 0 bridgehead atoms. The van der Waals surface area contributed by atoms with Crippen LogP contribution in [0.5, 0.6) is 5.88 Å². The van der Waals surface area contributed by atoms with Gasteiger partial charge in [0.1, 0.15) is 11.5 Å². The molecule has 1 aliphatic heterocycles. The lowest BCUT2D eigenvalue weighted by Crippen LogP contribution is -2.46. The summed E-state index contributed by atoms with van der Waals surface area (Å²) < 4.78 is 33.6. The first kappa shape index (κ1) is 18.3. The molecule has 0 N–H and O–H groups in total. The summed E-state index contributed by atoms with van der Waals surface area (Å²) in [6, 6.07) is 7.03. The standard InChI is InChI=1S/C19H20F2N6O/c1-28-18-4-6-22-19(23-18)26-10-8-25(9-11-26)13-15-5-7-27(24-15)17-3-2-14(20)12-16(17)21/h2-7,12H,8-11,13H2,1H3. The third-order valence-electron chi connectivity index (χ3n) is 4.67. The molecule has 0 spiro atoms. The van der Waals surface area contributed by atoms with Crippen LogP contribution in [0.1, 0.15) is 5.69 Å². The Kier molecular flexibility index (Phi) is 5.16. The van der Waals surface area contributed by atoms with Gasteiger partial charge in [-0.15, -0.1) is 0 Å². The highest BCUT2D eigenvalue weighted by molar-refractivity contribution is 5.34. The maximum Gasteiger partial charge on any atom is 0.228 e. The van der Waals surface area contributed by atoms with E-state index in [9.17, 15) is 8.78 Å². The molecule has 3 heterocycles. The van der Waals surface area contributed by atoms with Gasteiger partial charge in [-0.2, -0.15) is 10.1 Å². The fourth-order valence-electron chi connectivity index (χ4n) is 3.18. The zero-order valence-corrected chi connectivity index (χ0v) is 15.4.